The first-order chi connectivity index (χ1) is 16.0. The average Bonchev–Trinajstić information content (AvgIpc) is 3.20. The zero-order valence-electron chi connectivity index (χ0n) is 18.2. The standard InChI is InChI=1S/C24H25N7O2/c1-14-6-7-27-19(10-14)29-24(33)16-4-2-15(3-5-16)20-21-22(25)28-8-9-31(21)23(30-20)17-11-18(32)13-26-12-17/h2-10,17-18,26,32H,11-13H2,1H3,(H2,25,28)(H,27,29,33)/t17-,18+/m1/s1. The molecule has 1 aliphatic heterocycles. The Morgan fingerprint density at radius 3 is 2.76 bits per heavy atom. The van der Waals surface area contributed by atoms with Gasteiger partial charge in [-0.15, -0.1) is 0 Å². The highest BCUT2D eigenvalue weighted by molar-refractivity contribution is 6.04. The molecular weight excluding hydrogens is 418 g/mol. The van der Waals surface area contributed by atoms with Crippen LogP contribution >= 0.6 is 0 Å². The Morgan fingerprint density at radius 2 is 2.00 bits per heavy atom. The second-order valence-corrected chi connectivity index (χ2v) is 8.34. The number of aliphatic hydroxyl groups is 1. The fourth-order valence-electron chi connectivity index (χ4n) is 4.26. The monoisotopic (exact) mass is 443 g/mol. The van der Waals surface area contributed by atoms with E-state index in [-0.39, 0.29) is 11.8 Å². The maximum Gasteiger partial charge on any atom is 0.256 e. The molecule has 0 bridgehead atoms. The van der Waals surface area contributed by atoms with Gasteiger partial charge in [-0.2, -0.15) is 0 Å². The maximum atomic E-state index is 12.6. The fraction of sp³-hybridized carbons (Fsp3) is 0.250. The highest BCUT2D eigenvalue weighted by Crippen LogP contribution is 2.32. The van der Waals surface area contributed by atoms with Gasteiger partial charge in [0, 0.05) is 48.7 Å². The third-order valence-electron chi connectivity index (χ3n) is 5.88. The number of nitrogens with two attached hydrogens (primary N) is 1. The molecule has 168 valence electrons. The molecule has 3 aromatic heterocycles. The third kappa shape index (κ3) is 4.15. The summed E-state index contributed by atoms with van der Waals surface area (Å²) in [4.78, 5) is 26.0. The summed E-state index contributed by atoms with van der Waals surface area (Å²) < 4.78 is 1.95. The van der Waals surface area contributed by atoms with Crippen molar-refractivity contribution in [1.82, 2.24) is 24.7 Å². The summed E-state index contributed by atoms with van der Waals surface area (Å²) in [7, 11) is 0. The predicted molar refractivity (Wildman–Crippen MR) is 126 cm³/mol. The van der Waals surface area contributed by atoms with Crippen molar-refractivity contribution in [3.63, 3.8) is 0 Å². The van der Waals surface area contributed by atoms with E-state index in [0.29, 0.717) is 41.4 Å². The van der Waals surface area contributed by atoms with E-state index in [9.17, 15) is 9.90 Å². The number of hydrogen-bond donors (Lipinski definition) is 4. The van der Waals surface area contributed by atoms with E-state index >= 15 is 0 Å². The van der Waals surface area contributed by atoms with Crippen molar-refractivity contribution < 1.29 is 9.90 Å². The molecular formula is C24H25N7O2. The molecule has 2 atom stereocenters. The SMILES string of the molecule is Cc1ccnc(NC(=O)c2ccc(-c3nc([C@H]4CNC[C@@H](O)C4)n4ccnc(N)c34)cc2)c1. The van der Waals surface area contributed by atoms with Crippen LogP contribution in [0.4, 0.5) is 11.6 Å². The molecule has 0 aliphatic carbocycles. The average molecular weight is 444 g/mol. The summed E-state index contributed by atoms with van der Waals surface area (Å²) in [6.07, 6.45) is 5.36. The molecule has 1 aliphatic rings. The van der Waals surface area contributed by atoms with Gasteiger partial charge < -0.3 is 21.5 Å². The normalized spacial score (nSPS) is 18.4. The molecule has 4 heterocycles. The minimum absolute atomic E-state index is 0.0451. The lowest BCUT2D eigenvalue weighted by Gasteiger charge is -2.26. The van der Waals surface area contributed by atoms with Crippen LogP contribution in [0.25, 0.3) is 16.8 Å². The van der Waals surface area contributed by atoms with Crippen molar-refractivity contribution in [2.45, 2.75) is 25.4 Å². The van der Waals surface area contributed by atoms with Crippen LogP contribution in [0, 0.1) is 6.92 Å². The molecule has 1 saturated heterocycles. The fourth-order valence-corrected chi connectivity index (χ4v) is 4.26. The highest BCUT2D eigenvalue weighted by Gasteiger charge is 2.27. The van der Waals surface area contributed by atoms with Crippen LogP contribution in [0.1, 0.15) is 34.1 Å². The molecule has 0 saturated carbocycles. The zero-order valence-corrected chi connectivity index (χ0v) is 18.2. The van der Waals surface area contributed by atoms with E-state index < -0.39 is 6.10 Å². The Labute approximate surface area is 190 Å². The summed E-state index contributed by atoms with van der Waals surface area (Å²) in [6, 6.07) is 10.9. The van der Waals surface area contributed by atoms with E-state index in [1.807, 2.05) is 41.8 Å². The summed E-state index contributed by atoms with van der Waals surface area (Å²) in [5.41, 5.74) is 10.0. The van der Waals surface area contributed by atoms with Gasteiger partial charge in [-0.25, -0.2) is 15.0 Å². The maximum absolute atomic E-state index is 12.6. The smallest absolute Gasteiger partial charge is 0.256 e. The van der Waals surface area contributed by atoms with Gasteiger partial charge in [0.15, 0.2) is 0 Å². The number of anilines is 2. The molecule has 0 spiro atoms. The predicted octanol–water partition coefficient (Wildman–Crippen LogP) is 2.37. The van der Waals surface area contributed by atoms with Crippen molar-refractivity contribution in [2.24, 2.45) is 0 Å². The van der Waals surface area contributed by atoms with Crippen molar-refractivity contribution >= 4 is 23.1 Å². The summed E-state index contributed by atoms with van der Waals surface area (Å²) in [5.74, 6) is 1.52. The first-order valence-electron chi connectivity index (χ1n) is 10.9. The number of piperidine rings is 1. The molecule has 1 amide bonds. The lowest BCUT2D eigenvalue weighted by atomic mass is 9.97. The minimum atomic E-state index is -0.417. The number of carbonyl (C=O) groups excluding carboxylic acids is 1. The van der Waals surface area contributed by atoms with Gasteiger partial charge in [-0.3, -0.25) is 9.20 Å². The van der Waals surface area contributed by atoms with Gasteiger partial charge in [0.2, 0.25) is 0 Å². The van der Waals surface area contributed by atoms with Crippen LogP contribution in [0.15, 0.2) is 55.0 Å². The number of fused-ring (bicyclic) bond motifs is 1. The number of imidazole rings is 1. The molecule has 5 rings (SSSR count). The quantitative estimate of drug-likeness (QED) is 0.381. The van der Waals surface area contributed by atoms with Crippen LogP contribution in [0.2, 0.25) is 0 Å². The number of rotatable bonds is 4. The summed E-state index contributed by atoms with van der Waals surface area (Å²) in [5, 5.41) is 16.2. The van der Waals surface area contributed by atoms with E-state index in [1.54, 1.807) is 24.5 Å². The number of nitrogens with one attached hydrogen (secondary N) is 2. The lowest BCUT2D eigenvalue weighted by Crippen LogP contribution is -2.38. The molecule has 0 unspecified atom stereocenters. The van der Waals surface area contributed by atoms with Gasteiger partial charge in [0.25, 0.3) is 5.91 Å². The van der Waals surface area contributed by atoms with Gasteiger partial charge in [-0.05, 0) is 43.2 Å². The van der Waals surface area contributed by atoms with Crippen LogP contribution in [-0.4, -0.2) is 49.6 Å². The third-order valence-corrected chi connectivity index (χ3v) is 5.88. The number of hydrogen-bond acceptors (Lipinski definition) is 7. The number of carbonyl (C=O) groups is 1. The number of aryl methyl sites for hydroxylation is 1. The Kier molecular flexibility index (Phi) is 5.49. The Bertz CT molecular complexity index is 1320. The van der Waals surface area contributed by atoms with Crippen molar-refractivity contribution in [3.8, 4) is 11.3 Å². The van der Waals surface area contributed by atoms with Gasteiger partial charge in [0.05, 0.1) is 6.10 Å². The first kappa shape index (κ1) is 21.0. The molecule has 1 aromatic carbocycles. The van der Waals surface area contributed by atoms with E-state index in [1.165, 1.54) is 0 Å². The lowest BCUT2D eigenvalue weighted by molar-refractivity contribution is 0.102. The van der Waals surface area contributed by atoms with Crippen LogP contribution in [-0.2, 0) is 0 Å². The van der Waals surface area contributed by atoms with Gasteiger partial charge in [0.1, 0.15) is 28.7 Å². The second-order valence-electron chi connectivity index (χ2n) is 8.34. The minimum Gasteiger partial charge on any atom is -0.392 e. The van der Waals surface area contributed by atoms with Crippen molar-refractivity contribution in [3.05, 3.63) is 71.9 Å². The first-order valence-corrected chi connectivity index (χ1v) is 10.9. The molecule has 4 aromatic rings. The zero-order chi connectivity index (χ0) is 22.9. The van der Waals surface area contributed by atoms with E-state index in [2.05, 4.69) is 20.6 Å². The molecule has 9 heteroatoms. The summed E-state index contributed by atoms with van der Waals surface area (Å²) >= 11 is 0. The molecule has 9 nitrogen and oxygen atoms in total. The van der Waals surface area contributed by atoms with Crippen LogP contribution in [0.5, 0.6) is 0 Å². The topological polar surface area (TPSA) is 130 Å². The van der Waals surface area contributed by atoms with Crippen molar-refractivity contribution in [1.29, 1.82) is 0 Å². The van der Waals surface area contributed by atoms with E-state index in [0.717, 1.165) is 23.5 Å². The highest BCUT2D eigenvalue weighted by atomic mass is 16.3. The van der Waals surface area contributed by atoms with Crippen LogP contribution in [0.3, 0.4) is 0 Å². The number of pyridine rings is 1. The number of nitrogen functional groups attached to an aromatic ring is 1. The molecule has 33 heavy (non-hydrogen) atoms. The number of nitrogens with zero attached hydrogens (tertiary/aromatic N) is 4. The molecule has 5 N–H and O–H groups in total. The molecule has 1 fully saturated rings. The number of benzene rings is 1. The number of aromatic nitrogens is 4. The number of aliphatic hydroxyl groups excluding tert-OH is 1. The van der Waals surface area contributed by atoms with Gasteiger partial charge in [-0.1, -0.05) is 12.1 Å². The largest absolute Gasteiger partial charge is 0.392 e. The summed E-state index contributed by atoms with van der Waals surface area (Å²) in [6.45, 7) is 3.25. The van der Waals surface area contributed by atoms with Gasteiger partial charge >= 0.3 is 0 Å². The number of β-amino-alcohol motifs (C(OH)–C–C–N with tert-alkyl or cyclic N) is 1. The Morgan fingerprint density at radius 1 is 1.18 bits per heavy atom. The van der Waals surface area contributed by atoms with E-state index in [4.69, 9.17) is 10.7 Å². The molecule has 0 radical (unpaired) electrons. The number of amides is 1. The van der Waals surface area contributed by atoms with Crippen molar-refractivity contribution in [2.75, 3.05) is 24.1 Å². The Balaban J connectivity index is 1.47. The Hall–Kier alpha value is -3.82. The second kappa shape index (κ2) is 8.61. The van der Waals surface area contributed by atoms with Crippen LogP contribution < -0.4 is 16.4 Å².